The summed E-state index contributed by atoms with van der Waals surface area (Å²) in [6.45, 7) is 12.0. The molecule has 600 valence electrons. The van der Waals surface area contributed by atoms with Crippen LogP contribution in [0, 0.1) is 17.8 Å². The van der Waals surface area contributed by atoms with E-state index in [0.717, 1.165) is 108 Å². The minimum atomic E-state index is -4.96. The molecular formula is C82H160O17P2. The summed E-state index contributed by atoms with van der Waals surface area (Å²) in [6.07, 6.45) is 60.8. The third-order valence-electron chi connectivity index (χ3n) is 19.9. The number of phosphoric acid groups is 2. The van der Waals surface area contributed by atoms with Crippen molar-refractivity contribution in [3.8, 4) is 0 Å². The number of hydrogen-bond donors (Lipinski definition) is 3. The number of hydrogen-bond acceptors (Lipinski definition) is 15. The van der Waals surface area contributed by atoms with Crippen molar-refractivity contribution in [1.29, 1.82) is 0 Å². The average Bonchev–Trinajstić information content (AvgIpc) is 1.19. The molecule has 0 aromatic rings. The van der Waals surface area contributed by atoms with Gasteiger partial charge in [0.25, 0.3) is 0 Å². The van der Waals surface area contributed by atoms with Crippen molar-refractivity contribution in [3.63, 3.8) is 0 Å². The van der Waals surface area contributed by atoms with Gasteiger partial charge in [-0.2, -0.15) is 0 Å². The Balaban J connectivity index is 5.28. The van der Waals surface area contributed by atoms with E-state index in [1.807, 2.05) is 0 Å². The van der Waals surface area contributed by atoms with E-state index in [1.165, 1.54) is 238 Å². The maximum atomic E-state index is 13.1. The van der Waals surface area contributed by atoms with E-state index < -0.39 is 97.5 Å². The first-order chi connectivity index (χ1) is 48.8. The first kappa shape index (κ1) is 99.1. The molecule has 101 heavy (non-hydrogen) atoms. The number of unbranched alkanes of at least 4 members (excludes halogenated alkanes) is 46. The summed E-state index contributed by atoms with van der Waals surface area (Å²) in [5.74, 6) is 0.307. The van der Waals surface area contributed by atoms with E-state index in [4.69, 9.17) is 37.0 Å². The van der Waals surface area contributed by atoms with Gasteiger partial charge < -0.3 is 33.8 Å². The van der Waals surface area contributed by atoms with Crippen LogP contribution in [-0.2, 0) is 65.4 Å². The molecule has 0 aliphatic carbocycles. The van der Waals surface area contributed by atoms with Crippen LogP contribution in [-0.4, -0.2) is 96.7 Å². The molecule has 0 radical (unpaired) electrons. The summed E-state index contributed by atoms with van der Waals surface area (Å²) >= 11 is 0. The molecule has 0 aliphatic rings. The minimum absolute atomic E-state index is 0.108. The van der Waals surface area contributed by atoms with Crippen LogP contribution in [0.3, 0.4) is 0 Å². The fourth-order valence-electron chi connectivity index (χ4n) is 12.6. The van der Waals surface area contributed by atoms with Gasteiger partial charge in [0, 0.05) is 25.7 Å². The highest BCUT2D eigenvalue weighted by molar-refractivity contribution is 7.47. The van der Waals surface area contributed by atoms with Crippen molar-refractivity contribution in [2.24, 2.45) is 17.8 Å². The number of carbonyl (C=O) groups is 4. The lowest BCUT2D eigenvalue weighted by atomic mass is 9.99. The molecule has 0 aromatic carbocycles. The highest BCUT2D eigenvalue weighted by atomic mass is 31.2. The highest BCUT2D eigenvalue weighted by Crippen LogP contribution is 2.45. The first-order valence-corrected chi connectivity index (χ1v) is 45.4. The number of aliphatic hydroxyl groups excluding tert-OH is 1. The summed E-state index contributed by atoms with van der Waals surface area (Å²) in [4.78, 5) is 73.1. The van der Waals surface area contributed by atoms with Gasteiger partial charge in [-0.3, -0.25) is 37.3 Å². The van der Waals surface area contributed by atoms with Gasteiger partial charge >= 0.3 is 39.5 Å². The summed E-state index contributed by atoms with van der Waals surface area (Å²) in [7, 11) is -9.92. The lowest BCUT2D eigenvalue weighted by Crippen LogP contribution is -2.30. The van der Waals surface area contributed by atoms with E-state index in [1.54, 1.807) is 0 Å². The van der Waals surface area contributed by atoms with E-state index in [0.29, 0.717) is 25.7 Å². The van der Waals surface area contributed by atoms with Crippen LogP contribution in [0.15, 0.2) is 0 Å². The Kier molecular flexibility index (Phi) is 70.9. The van der Waals surface area contributed by atoms with Gasteiger partial charge in [0.05, 0.1) is 26.4 Å². The molecular weight excluding hydrogens is 1320 g/mol. The zero-order valence-corrected chi connectivity index (χ0v) is 68.2. The second kappa shape index (κ2) is 72.3. The first-order valence-electron chi connectivity index (χ1n) is 42.4. The Bertz CT molecular complexity index is 1960. The van der Waals surface area contributed by atoms with Crippen molar-refractivity contribution < 1.29 is 80.2 Å². The van der Waals surface area contributed by atoms with Gasteiger partial charge in [0.2, 0.25) is 0 Å². The van der Waals surface area contributed by atoms with Crippen LogP contribution >= 0.6 is 15.6 Å². The van der Waals surface area contributed by atoms with Gasteiger partial charge in [-0.1, -0.05) is 376 Å². The van der Waals surface area contributed by atoms with Crippen LogP contribution in [0.2, 0.25) is 0 Å². The number of aliphatic hydroxyl groups is 1. The fourth-order valence-corrected chi connectivity index (χ4v) is 14.2. The largest absolute Gasteiger partial charge is 0.472 e. The van der Waals surface area contributed by atoms with Gasteiger partial charge in [-0.25, -0.2) is 9.13 Å². The summed E-state index contributed by atoms with van der Waals surface area (Å²) in [5, 5.41) is 10.7. The van der Waals surface area contributed by atoms with Gasteiger partial charge in [0.15, 0.2) is 12.2 Å². The normalized spacial score (nSPS) is 14.5. The molecule has 0 saturated heterocycles. The Morgan fingerprint density at radius 2 is 0.505 bits per heavy atom. The Hall–Kier alpha value is -1.94. The molecule has 0 aliphatic heterocycles. The van der Waals surface area contributed by atoms with Crippen LogP contribution in [0.25, 0.3) is 0 Å². The molecule has 17 nitrogen and oxygen atoms in total. The van der Waals surface area contributed by atoms with E-state index in [9.17, 15) is 43.2 Å². The number of ether oxygens (including phenoxy) is 4. The molecule has 0 spiro atoms. The van der Waals surface area contributed by atoms with Crippen LogP contribution < -0.4 is 0 Å². The topological polar surface area (TPSA) is 237 Å². The molecule has 7 atom stereocenters. The second-order valence-corrected chi connectivity index (χ2v) is 33.4. The second-order valence-electron chi connectivity index (χ2n) is 30.5. The zero-order valence-electron chi connectivity index (χ0n) is 66.4. The quantitative estimate of drug-likeness (QED) is 0.0222. The number of carbonyl (C=O) groups excluding carboxylic acids is 4. The Morgan fingerprint density at radius 3 is 0.752 bits per heavy atom. The minimum Gasteiger partial charge on any atom is -0.462 e. The molecule has 3 N–H and O–H groups in total. The summed E-state index contributed by atoms with van der Waals surface area (Å²) in [5.41, 5.74) is 0. The van der Waals surface area contributed by atoms with Gasteiger partial charge in [-0.05, 0) is 43.4 Å². The predicted molar refractivity (Wildman–Crippen MR) is 414 cm³/mol. The van der Waals surface area contributed by atoms with E-state index in [2.05, 4.69) is 48.5 Å². The Labute approximate surface area is 619 Å². The molecule has 0 aromatic heterocycles. The van der Waals surface area contributed by atoms with Gasteiger partial charge in [-0.15, -0.1) is 0 Å². The molecule has 0 rings (SSSR count). The maximum absolute atomic E-state index is 13.1. The van der Waals surface area contributed by atoms with Crippen molar-refractivity contribution in [1.82, 2.24) is 0 Å². The molecule has 19 heteroatoms. The SMILES string of the molecule is CCCCCCCCCCCCCCCCCC(=O)O[C@H](COC(=O)CCCCCCCCCCC(C)CC)COP(=O)(O)OC[C@H](O)COP(=O)(O)OC[C@@H](COC(=O)CCCCCCCCCCCCCCCC(C)C)OC(=O)CCCCCCCCCCCCCCCCC(C)CC. The van der Waals surface area contributed by atoms with Crippen LogP contribution in [0.1, 0.15) is 427 Å². The monoisotopic (exact) mass is 1480 g/mol. The van der Waals surface area contributed by atoms with Crippen LogP contribution in [0.5, 0.6) is 0 Å². The molecule has 0 amide bonds. The number of phosphoric ester groups is 2. The lowest BCUT2D eigenvalue weighted by molar-refractivity contribution is -0.161. The van der Waals surface area contributed by atoms with Gasteiger partial charge in [0.1, 0.15) is 19.3 Å². The molecule has 0 fully saturated rings. The summed E-state index contributed by atoms with van der Waals surface area (Å²) < 4.78 is 68.8. The predicted octanol–water partition coefficient (Wildman–Crippen LogP) is 24.5. The molecule has 0 heterocycles. The van der Waals surface area contributed by atoms with Crippen molar-refractivity contribution >= 4 is 39.5 Å². The standard InChI is InChI=1S/C82H160O17P2/c1-8-11-12-13-14-15-16-17-18-24-30-35-44-51-58-65-82(87)99-78(70-93-80(85)64-57-50-43-38-37-41-48-55-62-75(7)10-3)72-97-101(90,91)95-68-76(83)67-94-100(88,89)96-71-77(69-92-79(84)63-56-49-42-34-29-26-21-22-27-32-39-46-53-60-73(4)5)98-81(86)66-59-52-45-36-31-25-20-19-23-28-33-40-47-54-61-74(6)9-2/h73-78,83H,8-72H2,1-7H3,(H,88,89)(H,90,91)/t74?,75?,76-,77-,78-/m1/s1. The molecule has 0 bridgehead atoms. The van der Waals surface area contributed by atoms with E-state index in [-0.39, 0.29) is 25.7 Å². The molecule has 4 unspecified atom stereocenters. The molecule has 0 saturated carbocycles. The third kappa shape index (κ3) is 73.4. The number of rotatable bonds is 80. The Morgan fingerprint density at radius 1 is 0.287 bits per heavy atom. The number of esters is 4. The summed E-state index contributed by atoms with van der Waals surface area (Å²) in [6, 6.07) is 0. The average molecular weight is 1480 g/mol. The third-order valence-corrected chi connectivity index (χ3v) is 21.8. The van der Waals surface area contributed by atoms with E-state index >= 15 is 0 Å². The fraction of sp³-hybridized carbons (Fsp3) is 0.951. The lowest BCUT2D eigenvalue weighted by Gasteiger charge is -2.21. The van der Waals surface area contributed by atoms with Crippen molar-refractivity contribution in [2.45, 2.75) is 446 Å². The zero-order chi connectivity index (χ0) is 74.4. The van der Waals surface area contributed by atoms with Crippen molar-refractivity contribution in [3.05, 3.63) is 0 Å². The van der Waals surface area contributed by atoms with Crippen molar-refractivity contribution in [2.75, 3.05) is 39.6 Å². The van der Waals surface area contributed by atoms with Crippen LogP contribution in [0.4, 0.5) is 0 Å². The maximum Gasteiger partial charge on any atom is 0.472 e. The highest BCUT2D eigenvalue weighted by Gasteiger charge is 2.30. The smallest absolute Gasteiger partial charge is 0.462 e.